The summed E-state index contributed by atoms with van der Waals surface area (Å²) in [6, 6.07) is 0.147. The number of hydrogen-bond donors (Lipinski definition) is 1. The quantitative estimate of drug-likeness (QED) is 0.839. The van der Waals surface area contributed by atoms with Crippen LogP contribution < -0.4 is 5.32 Å². The Bertz CT molecular complexity index is 362. The molecule has 1 N–H and O–H groups in total. The lowest BCUT2D eigenvalue weighted by atomic mass is 9.68. The second kappa shape index (κ2) is 5.91. The highest BCUT2D eigenvalue weighted by Gasteiger charge is 2.40. The van der Waals surface area contributed by atoms with Crippen LogP contribution in [0, 0.1) is 11.3 Å². The Morgan fingerprint density at radius 3 is 2.28 bits per heavy atom. The lowest BCUT2D eigenvalue weighted by Gasteiger charge is -2.42. The smallest absolute Gasteiger partial charge is 0.151 e. The number of nitrogens with one attached hydrogen (secondary N) is 1. The molecule has 3 unspecified atom stereocenters. The zero-order chi connectivity index (χ0) is 14.0. The average molecular weight is 275 g/mol. The molecule has 0 aliphatic heterocycles. The van der Waals surface area contributed by atoms with Crippen molar-refractivity contribution in [2.75, 3.05) is 12.8 Å². The summed E-state index contributed by atoms with van der Waals surface area (Å²) in [4.78, 5) is 0. The van der Waals surface area contributed by atoms with Gasteiger partial charge in [-0.3, -0.25) is 0 Å². The van der Waals surface area contributed by atoms with Crippen molar-refractivity contribution in [2.45, 2.75) is 64.7 Å². The summed E-state index contributed by atoms with van der Waals surface area (Å²) in [5, 5.41) is 3.15. The molecular formula is C14H29NO2S. The Morgan fingerprint density at radius 2 is 1.83 bits per heavy atom. The van der Waals surface area contributed by atoms with Gasteiger partial charge < -0.3 is 5.32 Å². The summed E-state index contributed by atoms with van der Waals surface area (Å²) >= 11 is 0. The summed E-state index contributed by atoms with van der Waals surface area (Å²) < 4.78 is 24.0. The third-order valence-corrected chi connectivity index (χ3v) is 6.45. The van der Waals surface area contributed by atoms with Crippen LogP contribution in [0.3, 0.4) is 0 Å². The highest BCUT2D eigenvalue weighted by atomic mass is 32.2. The second-order valence-electron chi connectivity index (χ2n) is 6.38. The molecule has 0 bridgehead atoms. The van der Waals surface area contributed by atoms with E-state index in [-0.39, 0.29) is 16.7 Å². The third kappa shape index (κ3) is 3.70. The molecule has 0 aromatic heterocycles. The molecule has 0 aromatic carbocycles. The fourth-order valence-electron chi connectivity index (χ4n) is 3.10. The van der Waals surface area contributed by atoms with Crippen LogP contribution in [0.2, 0.25) is 0 Å². The van der Waals surface area contributed by atoms with Gasteiger partial charge in [-0.25, -0.2) is 8.42 Å². The van der Waals surface area contributed by atoms with Crippen LogP contribution in [0.1, 0.15) is 53.4 Å². The molecule has 0 aromatic rings. The first kappa shape index (κ1) is 16.0. The Morgan fingerprint density at radius 1 is 1.22 bits per heavy atom. The molecule has 1 aliphatic carbocycles. The van der Waals surface area contributed by atoms with Crippen LogP contribution in [0.15, 0.2) is 0 Å². The minimum absolute atomic E-state index is 0.147. The van der Waals surface area contributed by atoms with Gasteiger partial charge in [-0.1, -0.05) is 34.1 Å². The Hall–Kier alpha value is -0.0900. The van der Waals surface area contributed by atoms with Gasteiger partial charge in [0.05, 0.1) is 5.25 Å². The Kier molecular flexibility index (Phi) is 5.24. The fourth-order valence-corrected chi connectivity index (χ4v) is 4.51. The van der Waals surface area contributed by atoms with Crippen molar-refractivity contribution in [1.82, 2.24) is 5.32 Å². The molecule has 3 atom stereocenters. The number of sulfone groups is 1. The van der Waals surface area contributed by atoms with Crippen molar-refractivity contribution in [2.24, 2.45) is 11.3 Å². The summed E-state index contributed by atoms with van der Waals surface area (Å²) in [5.41, 5.74) is 0.250. The molecule has 1 aliphatic rings. The van der Waals surface area contributed by atoms with Crippen molar-refractivity contribution in [3.8, 4) is 0 Å². The topological polar surface area (TPSA) is 46.2 Å². The molecule has 0 heterocycles. The maximum atomic E-state index is 12.0. The van der Waals surface area contributed by atoms with E-state index in [1.807, 2.05) is 6.92 Å². The van der Waals surface area contributed by atoms with Gasteiger partial charge in [-0.05, 0) is 37.1 Å². The SMILES string of the molecule is CCNC1CCC(C(C)(C)CC)CC1S(C)(=O)=O. The first-order valence-electron chi connectivity index (χ1n) is 7.14. The molecule has 108 valence electrons. The van der Waals surface area contributed by atoms with E-state index < -0.39 is 9.84 Å². The number of rotatable bonds is 5. The molecule has 1 rings (SSSR count). The van der Waals surface area contributed by atoms with Crippen LogP contribution in [0.4, 0.5) is 0 Å². The van der Waals surface area contributed by atoms with E-state index in [4.69, 9.17) is 0 Å². The summed E-state index contributed by atoms with van der Waals surface area (Å²) in [6.07, 6.45) is 5.45. The lowest BCUT2D eigenvalue weighted by molar-refractivity contribution is 0.139. The van der Waals surface area contributed by atoms with Gasteiger partial charge in [0.25, 0.3) is 0 Å². The lowest BCUT2D eigenvalue weighted by Crippen LogP contribution is -2.49. The maximum Gasteiger partial charge on any atom is 0.151 e. The maximum absolute atomic E-state index is 12.0. The second-order valence-corrected chi connectivity index (χ2v) is 8.65. The van der Waals surface area contributed by atoms with Crippen molar-refractivity contribution in [1.29, 1.82) is 0 Å². The van der Waals surface area contributed by atoms with Gasteiger partial charge in [0, 0.05) is 12.3 Å². The fraction of sp³-hybridized carbons (Fsp3) is 1.00. The normalized spacial score (nSPS) is 30.4. The van der Waals surface area contributed by atoms with E-state index in [1.165, 1.54) is 6.26 Å². The molecular weight excluding hydrogens is 246 g/mol. The van der Waals surface area contributed by atoms with E-state index in [0.717, 1.165) is 32.2 Å². The van der Waals surface area contributed by atoms with Crippen LogP contribution in [0.5, 0.6) is 0 Å². The largest absolute Gasteiger partial charge is 0.313 e. The third-order valence-electron chi connectivity index (χ3n) is 4.82. The van der Waals surface area contributed by atoms with Gasteiger partial charge in [-0.2, -0.15) is 0 Å². The van der Waals surface area contributed by atoms with Crippen LogP contribution in [0.25, 0.3) is 0 Å². The minimum atomic E-state index is -2.96. The summed E-state index contributed by atoms with van der Waals surface area (Å²) in [6.45, 7) is 9.63. The first-order chi connectivity index (χ1) is 8.22. The van der Waals surface area contributed by atoms with E-state index in [1.54, 1.807) is 0 Å². The minimum Gasteiger partial charge on any atom is -0.313 e. The molecule has 1 fully saturated rings. The molecule has 0 spiro atoms. The monoisotopic (exact) mass is 275 g/mol. The standard InChI is InChI=1S/C14H29NO2S/c1-6-14(3,4)11-8-9-12(15-7-2)13(10-11)18(5,16)17/h11-13,15H,6-10H2,1-5H3. The summed E-state index contributed by atoms with van der Waals surface area (Å²) in [7, 11) is -2.96. The van der Waals surface area contributed by atoms with Crippen molar-refractivity contribution >= 4 is 9.84 Å². The molecule has 18 heavy (non-hydrogen) atoms. The Balaban J connectivity index is 2.87. The van der Waals surface area contributed by atoms with Crippen molar-refractivity contribution < 1.29 is 8.42 Å². The van der Waals surface area contributed by atoms with Crippen LogP contribution in [-0.4, -0.2) is 32.5 Å². The van der Waals surface area contributed by atoms with Crippen LogP contribution >= 0.6 is 0 Å². The van der Waals surface area contributed by atoms with Gasteiger partial charge in [0.1, 0.15) is 0 Å². The van der Waals surface area contributed by atoms with Gasteiger partial charge in [0.15, 0.2) is 9.84 Å². The predicted molar refractivity (Wildman–Crippen MR) is 77.5 cm³/mol. The Labute approximate surface area is 113 Å². The zero-order valence-electron chi connectivity index (χ0n) is 12.5. The van der Waals surface area contributed by atoms with Gasteiger partial charge >= 0.3 is 0 Å². The van der Waals surface area contributed by atoms with Crippen molar-refractivity contribution in [3.05, 3.63) is 0 Å². The zero-order valence-corrected chi connectivity index (χ0v) is 13.3. The van der Waals surface area contributed by atoms with E-state index >= 15 is 0 Å². The number of hydrogen-bond acceptors (Lipinski definition) is 3. The van der Waals surface area contributed by atoms with Gasteiger partial charge in [0.2, 0.25) is 0 Å². The van der Waals surface area contributed by atoms with Crippen LogP contribution in [-0.2, 0) is 9.84 Å². The molecule has 0 amide bonds. The molecule has 4 heteroatoms. The van der Waals surface area contributed by atoms with Crippen molar-refractivity contribution in [3.63, 3.8) is 0 Å². The average Bonchev–Trinajstić information content (AvgIpc) is 2.28. The molecule has 0 saturated heterocycles. The summed E-state index contributed by atoms with van der Waals surface area (Å²) in [5.74, 6) is 0.525. The van der Waals surface area contributed by atoms with E-state index in [0.29, 0.717) is 5.92 Å². The highest BCUT2D eigenvalue weighted by molar-refractivity contribution is 7.91. The van der Waals surface area contributed by atoms with E-state index in [2.05, 4.69) is 26.1 Å². The predicted octanol–water partition coefficient (Wildman–Crippen LogP) is 2.61. The van der Waals surface area contributed by atoms with E-state index in [9.17, 15) is 8.42 Å². The molecule has 3 nitrogen and oxygen atoms in total. The van der Waals surface area contributed by atoms with Gasteiger partial charge in [-0.15, -0.1) is 0 Å². The molecule has 0 radical (unpaired) electrons. The molecule has 1 saturated carbocycles. The highest BCUT2D eigenvalue weighted by Crippen LogP contribution is 2.42. The first-order valence-corrected chi connectivity index (χ1v) is 9.10.